The van der Waals surface area contributed by atoms with Gasteiger partial charge in [0, 0.05) is 22.9 Å². The van der Waals surface area contributed by atoms with Crippen molar-refractivity contribution >= 4 is 12.0 Å². The molecule has 1 heterocycles. The third-order valence-corrected chi connectivity index (χ3v) is 4.30. The van der Waals surface area contributed by atoms with Crippen LogP contribution in [-0.4, -0.2) is 22.9 Å². The van der Waals surface area contributed by atoms with Crippen LogP contribution in [0, 0.1) is 13.8 Å². The van der Waals surface area contributed by atoms with Crippen LogP contribution < -0.4 is 4.74 Å². The van der Waals surface area contributed by atoms with Crippen molar-refractivity contribution in [3.63, 3.8) is 0 Å². The second kappa shape index (κ2) is 8.36. The van der Waals surface area contributed by atoms with Crippen molar-refractivity contribution in [3.05, 3.63) is 83.2 Å². The fourth-order valence-corrected chi connectivity index (χ4v) is 2.89. The van der Waals surface area contributed by atoms with Crippen molar-refractivity contribution in [2.75, 3.05) is 7.11 Å². The largest absolute Gasteiger partial charge is 0.496 e. The predicted octanol–water partition coefficient (Wildman–Crippen LogP) is 4.25. The number of aromatic nitrogens is 2. The van der Waals surface area contributed by atoms with Crippen LogP contribution in [0.15, 0.2) is 60.7 Å². The number of hydrogen-bond donors (Lipinski definition) is 0. The summed E-state index contributed by atoms with van der Waals surface area (Å²) in [6, 6.07) is 17.4. The summed E-state index contributed by atoms with van der Waals surface area (Å²) < 4.78 is 12.5. The van der Waals surface area contributed by atoms with Crippen LogP contribution in [-0.2, 0) is 16.1 Å². The number of carbonyl (C=O) groups excluding carboxylic acids is 1. The van der Waals surface area contributed by atoms with Crippen LogP contribution >= 0.6 is 0 Å². The molecule has 27 heavy (non-hydrogen) atoms. The summed E-state index contributed by atoms with van der Waals surface area (Å²) in [4.78, 5) is 12.1. The number of rotatable bonds is 6. The van der Waals surface area contributed by atoms with E-state index in [9.17, 15) is 4.79 Å². The lowest BCUT2D eigenvalue weighted by Crippen LogP contribution is -2.02. The number of esters is 1. The Bertz CT molecular complexity index is 959. The molecule has 0 atom stereocenters. The lowest BCUT2D eigenvalue weighted by molar-refractivity contribution is -0.138. The molecule has 0 spiro atoms. The molecule has 5 heteroatoms. The number of ether oxygens (including phenoxy) is 2. The molecule has 3 aromatic rings. The summed E-state index contributed by atoms with van der Waals surface area (Å²) in [5, 5.41) is 4.57. The quantitative estimate of drug-likeness (QED) is 0.486. The van der Waals surface area contributed by atoms with E-state index in [4.69, 9.17) is 9.47 Å². The third-order valence-electron chi connectivity index (χ3n) is 4.30. The number of carbonyl (C=O) groups is 1. The molecule has 0 aliphatic heterocycles. The van der Waals surface area contributed by atoms with Gasteiger partial charge >= 0.3 is 5.97 Å². The summed E-state index contributed by atoms with van der Waals surface area (Å²) in [6.07, 6.45) is 3.18. The van der Waals surface area contributed by atoms with E-state index in [1.165, 1.54) is 6.08 Å². The molecule has 0 fully saturated rings. The first-order chi connectivity index (χ1) is 13.1. The number of nitrogens with zero attached hydrogens (tertiary/aromatic N) is 2. The van der Waals surface area contributed by atoms with Crippen LogP contribution in [0.1, 0.15) is 22.5 Å². The maximum atomic E-state index is 12.1. The molecular formula is C22H22N2O3. The van der Waals surface area contributed by atoms with Gasteiger partial charge in [0.1, 0.15) is 12.4 Å². The van der Waals surface area contributed by atoms with Gasteiger partial charge in [-0.15, -0.1) is 0 Å². The molecule has 5 nitrogen and oxygen atoms in total. The van der Waals surface area contributed by atoms with E-state index in [1.54, 1.807) is 13.2 Å². The highest BCUT2D eigenvalue weighted by Gasteiger charge is 2.11. The number of benzene rings is 2. The number of methoxy groups -OCH3 is 1. The maximum Gasteiger partial charge on any atom is 0.331 e. The van der Waals surface area contributed by atoms with Gasteiger partial charge in [0.15, 0.2) is 0 Å². The smallest absolute Gasteiger partial charge is 0.331 e. The zero-order valence-corrected chi connectivity index (χ0v) is 15.7. The van der Waals surface area contributed by atoms with Gasteiger partial charge in [0.2, 0.25) is 0 Å². The predicted molar refractivity (Wildman–Crippen MR) is 105 cm³/mol. The average molecular weight is 362 g/mol. The van der Waals surface area contributed by atoms with E-state index >= 15 is 0 Å². The molecule has 0 amide bonds. The number of hydrogen-bond acceptors (Lipinski definition) is 4. The normalized spacial score (nSPS) is 10.9. The Morgan fingerprint density at radius 2 is 1.78 bits per heavy atom. The van der Waals surface area contributed by atoms with Gasteiger partial charge in [0.05, 0.1) is 18.5 Å². The standard InChI is InChI=1S/C22H22N2O3/c1-16-20(17(2)24(23-16)19-10-5-4-6-11-19)13-14-22(25)27-15-18-9-7-8-12-21(18)26-3/h4-14H,15H2,1-3H3/b14-13+. The van der Waals surface area contributed by atoms with Crippen molar-refractivity contribution < 1.29 is 14.3 Å². The lowest BCUT2D eigenvalue weighted by atomic mass is 10.2. The first-order valence-electron chi connectivity index (χ1n) is 8.68. The van der Waals surface area contributed by atoms with Crippen LogP contribution in [0.4, 0.5) is 0 Å². The van der Waals surface area contributed by atoms with Gasteiger partial charge in [-0.1, -0.05) is 36.4 Å². The van der Waals surface area contributed by atoms with Gasteiger partial charge in [-0.05, 0) is 38.1 Å². The van der Waals surface area contributed by atoms with E-state index in [-0.39, 0.29) is 6.61 Å². The lowest BCUT2D eigenvalue weighted by Gasteiger charge is -2.07. The number of aryl methyl sites for hydroxylation is 1. The Morgan fingerprint density at radius 3 is 2.52 bits per heavy atom. The van der Waals surface area contributed by atoms with Crippen LogP contribution in [0.25, 0.3) is 11.8 Å². The molecular weight excluding hydrogens is 340 g/mol. The molecule has 0 aliphatic carbocycles. The summed E-state index contributed by atoms with van der Waals surface area (Å²) in [7, 11) is 1.59. The SMILES string of the molecule is COc1ccccc1COC(=O)/C=C/c1c(C)nn(-c2ccccc2)c1C. The highest BCUT2D eigenvalue weighted by Crippen LogP contribution is 2.20. The minimum Gasteiger partial charge on any atom is -0.496 e. The number of para-hydroxylation sites is 2. The molecule has 2 aromatic carbocycles. The van der Waals surface area contributed by atoms with E-state index in [1.807, 2.05) is 73.1 Å². The van der Waals surface area contributed by atoms with Crippen molar-refractivity contribution in [3.8, 4) is 11.4 Å². The van der Waals surface area contributed by atoms with E-state index < -0.39 is 5.97 Å². The molecule has 3 rings (SSSR count). The Morgan fingerprint density at radius 1 is 1.07 bits per heavy atom. The fraction of sp³-hybridized carbons (Fsp3) is 0.182. The van der Waals surface area contributed by atoms with Crippen molar-refractivity contribution in [1.29, 1.82) is 0 Å². The fourth-order valence-electron chi connectivity index (χ4n) is 2.89. The van der Waals surface area contributed by atoms with Crippen molar-refractivity contribution in [1.82, 2.24) is 9.78 Å². The van der Waals surface area contributed by atoms with E-state index in [0.29, 0.717) is 5.75 Å². The Balaban J connectivity index is 1.71. The zero-order valence-electron chi connectivity index (χ0n) is 15.7. The molecule has 0 unspecified atom stereocenters. The second-order valence-electron chi connectivity index (χ2n) is 6.08. The Labute approximate surface area is 158 Å². The van der Waals surface area contributed by atoms with Gasteiger partial charge in [-0.3, -0.25) is 0 Å². The molecule has 1 aromatic heterocycles. The van der Waals surface area contributed by atoms with Crippen LogP contribution in [0.3, 0.4) is 0 Å². The molecule has 0 aliphatic rings. The highest BCUT2D eigenvalue weighted by atomic mass is 16.5. The molecule has 0 saturated carbocycles. The van der Waals surface area contributed by atoms with Gasteiger partial charge in [-0.2, -0.15) is 5.10 Å². The maximum absolute atomic E-state index is 12.1. The summed E-state index contributed by atoms with van der Waals surface area (Å²) in [5.74, 6) is 0.289. The van der Waals surface area contributed by atoms with Crippen molar-refractivity contribution in [2.45, 2.75) is 20.5 Å². The monoisotopic (exact) mass is 362 g/mol. The highest BCUT2D eigenvalue weighted by molar-refractivity contribution is 5.87. The third kappa shape index (κ3) is 4.26. The van der Waals surface area contributed by atoms with Crippen LogP contribution in [0.5, 0.6) is 5.75 Å². The van der Waals surface area contributed by atoms with E-state index in [0.717, 1.165) is 28.2 Å². The average Bonchev–Trinajstić information content (AvgIpc) is 2.99. The molecule has 0 N–H and O–H groups in total. The summed E-state index contributed by atoms with van der Waals surface area (Å²) >= 11 is 0. The Hall–Kier alpha value is -3.34. The zero-order chi connectivity index (χ0) is 19.2. The van der Waals surface area contributed by atoms with Gasteiger partial charge in [0.25, 0.3) is 0 Å². The van der Waals surface area contributed by atoms with Gasteiger partial charge < -0.3 is 9.47 Å². The molecule has 138 valence electrons. The summed E-state index contributed by atoms with van der Waals surface area (Å²) in [5.41, 5.74) is 4.54. The first kappa shape index (κ1) is 18.5. The summed E-state index contributed by atoms with van der Waals surface area (Å²) in [6.45, 7) is 4.06. The molecule has 0 saturated heterocycles. The second-order valence-corrected chi connectivity index (χ2v) is 6.08. The first-order valence-corrected chi connectivity index (χ1v) is 8.68. The Kier molecular flexibility index (Phi) is 5.71. The van der Waals surface area contributed by atoms with E-state index in [2.05, 4.69) is 5.10 Å². The minimum atomic E-state index is -0.410. The van der Waals surface area contributed by atoms with Gasteiger partial charge in [-0.25, -0.2) is 9.48 Å². The topological polar surface area (TPSA) is 53.4 Å². The molecule has 0 bridgehead atoms. The minimum absolute atomic E-state index is 0.161. The van der Waals surface area contributed by atoms with Crippen molar-refractivity contribution in [2.24, 2.45) is 0 Å². The van der Waals surface area contributed by atoms with Crippen LogP contribution in [0.2, 0.25) is 0 Å². The molecule has 0 radical (unpaired) electrons.